The number of aryl methyl sites for hydroxylation is 2. The molecule has 0 aliphatic heterocycles. The lowest BCUT2D eigenvalue weighted by Crippen LogP contribution is -2.15. The highest BCUT2D eigenvalue weighted by Crippen LogP contribution is 2.42. The van der Waals surface area contributed by atoms with Crippen molar-refractivity contribution in [1.29, 1.82) is 0 Å². The van der Waals surface area contributed by atoms with Crippen LogP contribution in [-0.2, 0) is 28.8 Å². The molecular formula is C30H30O3. The quantitative estimate of drug-likeness (QED) is 0.456. The number of rotatable bonds is 4. The summed E-state index contributed by atoms with van der Waals surface area (Å²) >= 11 is 0. The van der Waals surface area contributed by atoms with Gasteiger partial charge in [0, 0.05) is 0 Å². The molecule has 3 nitrogen and oxygen atoms in total. The third kappa shape index (κ3) is 3.97. The summed E-state index contributed by atoms with van der Waals surface area (Å²) in [6, 6.07) is 21.9. The maximum atomic E-state index is 12.2. The zero-order valence-corrected chi connectivity index (χ0v) is 19.6. The van der Waals surface area contributed by atoms with Gasteiger partial charge in [-0.1, -0.05) is 48.5 Å². The van der Waals surface area contributed by atoms with Gasteiger partial charge in [0.2, 0.25) is 0 Å². The Hall–Kier alpha value is -3.33. The lowest BCUT2D eigenvalue weighted by molar-refractivity contribution is -0.145. The van der Waals surface area contributed by atoms with E-state index in [0.29, 0.717) is 0 Å². The zero-order chi connectivity index (χ0) is 22.9. The first-order valence-electron chi connectivity index (χ1n) is 11.8. The van der Waals surface area contributed by atoms with Gasteiger partial charge >= 0.3 is 5.97 Å². The third-order valence-electron chi connectivity index (χ3n) is 7.19. The number of allylic oxidation sites excluding steroid dienone is 1. The number of hydrogen-bond donors (Lipinski definition) is 0. The van der Waals surface area contributed by atoms with Crippen molar-refractivity contribution < 1.29 is 14.3 Å². The highest BCUT2D eigenvalue weighted by Gasteiger charge is 2.29. The normalized spacial score (nSPS) is 17.2. The number of benzene rings is 3. The molecule has 0 saturated carbocycles. The van der Waals surface area contributed by atoms with Crippen molar-refractivity contribution in [3.05, 3.63) is 99.6 Å². The number of ether oxygens (including phenoxy) is 2. The van der Waals surface area contributed by atoms with E-state index in [1.165, 1.54) is 57.2 Å². The van der Waals surface area contributed by atoms with Gasteiger partial charge in [-0.3, -0.25) is 4.79 Å². The van der Waals surface area contributed by atoms with Gasteiger partial charge in [-0.15, -0.1) is 0 Å². The van der Waals surface area contributed by atoms with Gasteiger partial charge in [-0.25, -0.2) is 0 Å². The van der Waals surface area contributed by atoms with Crippen LogP contribution in [0.3, 0.4) is 0 Å². The molecule has 1 unspecified atom stereocenters. The van der Waals surface area contributed by atoms with Gasteiger partial charge in [0.25, 0.3) is 0 Å². The predicted octanol–water partition coefficient (Wildman–Crippen LogP) is 6.19. The van der Waals surface area contributed by atoms with E-state index in [0.717, 1.165) is 37.9 Å². The topological polar surface area (TPSA) is 35.5 Å². The monoisotopic (exact) mass is 438 g/mol. The fraction of sp³-hybridized carbons (Fsp3) is 0.300. The van der Waals surface area contributed by atoms with Gasteiger partial charge in [-0.2, -0.15) is 0 Å². The van der Waals surface area contributed by atoms with Crippen molar-refractivity contribution in [1.82, 2.24) is 0 Å². The molecule has 5 rings (SSSR count). The second-order valence-corrected chi connectivity index (χ2v) is 9.16. The van der Waals surface area contributed by atoms with E-state index in [1.807, 2.05) is 0 Å². The molecule has 3 heteroatoms. The first-order chi connectivity index (χ1) is 16.1. The summed E-state index contributed by atoms with van der Waals surface area (Å²) in [6.07, 6.45) is 4.67. The summed E-state index contributed by atoms with van der Waals surface area (Å²) in [5, 5.41) is 0. The fourth-order valence-corrected chi connectivity index (χ4v) is 5.51. The minimum absolute atomic E-state index is 0.0734. The zero-order valence-electron chi connectivity index (χ0n) is 19.6. The van der Waals surface area contributed by atoms with Crippen LogP contribution in [0.1, 0.15) is 51.8 Å². The largest absolute Gasteiger partial charge is 0.497 e. The lowest BCUT2D eigenvalue weighted by atomic mass is 9.85. The molecule has 0 bridgehead atoms. The van der Waals surface area contributed by atoms with E-state index < -0.39 is 0 Å². The molecule has 2 aliphatic rings. The molecule has 0 amide bonds. The predicted molar refractivity (Wildman–Crippen MR) is 132 cm³/mol. The first-order valence-corrected chi connectivity index (χ1v) is 11.8. The molecule has 0 heterocycles. The Balaban J connectivity index is 1.70. The van der Waals surface area contributed by atoms with Gasteiger partial charge in [0.15, 0.2) is 0 Å². The van der Waals surface area contributed by atoms with Crippen molar-refractivity contribution in [2.24, 2.45) is 5.92 Å². The molecule has 0 aromatic heterocycles. The molecule has 168 valence electrons. The SMILES string of the molecule is COC(=O)C1Cc2ccc(C3=C(c4ccccc4C)CCCc4cc(OC)ccc43)cc2C1. The fourth-order valence-electron chi connectivity index (χ4n) is 5.51. The maximum Gasteiger partial charge on any atom is 0.309 e. The molecule has 2 aliphatic carbocycles. The Bertz CT molecular complexity index is 1250. The minimum Gasteiger partial charge on any atom is -0.497 e. The summed E-state index contributed by atoms with van der Waals surface area (Å²) in [6.45, 7) is 2.20. The molecule has 0 spiro atoms. The smallest absolute Gasteiger partial charge is 0.309 e. The molecule has 3 aromatic carbocycles. The minimum atomic E-state index is -0.112. The number of fused-ring (bicyclic) bond motifs is 2. The molecule has 1 atom stereocenters. The van der Waals surface area contributed by atoms with Crippen molar-refractivity contribution in [3.63, 3.8) is 0 Å². The van der Waals surface area contributed by atoms with Crippen LogP contribution in [-0.4, -0.2) is 20.2 Å². The number of carbonyl (C=O) groups is 1. The molecule has 0 fully saturated rings. The van der Waals surface area contributed by atoms with Crippen molar-refractivity contribution in [3.8, 4) is 5.75 Å². The Kier molecular flexibility index (Phi) is 5.80. The van der Waals surface area contributed by atoms with Gasteiger partial charge in [0.1, 0.15) is 5.75 Å². The molecular weight excluding hydrogens is 408 g/mol. The van der Waals surface area contributed by atoms with Crippen molar-refractivity contribution in [2.75, 3.05) is 14.2 Å². The van der Waals surface area contributed by atoms with Crippen LogP contribution in [0.2, 0.25) is 0 Å². The standard InChI is InChI=1S/C30H30O3/c1-19-7-4-5-9-26(19)28-10-6-8-21-18-25(32-2)13-14-27(21)29(28)22-12-11-20-15-24(30(31)33-3)17-23(20)16-22/h4-5,7,9,11-14,16,18,24H,6,8,10,15,17H2,1-3H3. The number of esters is 1. The average molecular weight is 439 g/mol. The summed E-state index contributed by atoms with van der Waals surface area (Å²) in [5.41, 5.74) is 11.7. The Labute approximate surface area is 196 Å². The average Bonchev–Trinajstić information content (AvgIpc) is 3.18. The van der Waals surface area contributed by atoms with E-state index in [4.69, 9.17) is 9.47 Å². The van der Waals surface area contributed by atoms with Crippen LogP contribution in [0.25, 0.3) is 11.1 Å². The molecule has 33 heavy (non-hydrogen) atoms. The first kappa shape index (κ1) is 21.5. The summed E-state index contributed by atoms with van der Waals surface area (Å²) < 4.78 is 10.6. The number of carbonyl (C=O) groups excluding carboxylic acids is 1. The number of hydrogen-bond acceptors (Lipinski definition) is 3. The van der Waals surface area contributed by atoms with E-state index in [9.17, 15) is 4.79 Å². The van der Waals surface area contributed by atoms with E-state index in [1.54, 1.807) is 7.11 Å². The van der Waals surface area contributed by atoms with E-state index >= 15 is 0 Å². The van der Waals surface area contributed by atoms with Gasteiger partial charge < -0.3 is 9.47 Å². The molecule has 0 saturated heterocycles. The van der Waals surface area contributed by atoms with E-state index in [-0.39, 0.29) is 11.9 Å². The molecule has 0 radical (unpaired) electrons. The Morgan fingerprint density at radius 3 is 2.45 bits per heavy atom. The van der Waals surface area contributed by atoms with Gasteiger partial charge in [-0.05, 0) is 101 Å². The van der Waals surface area contributed by atoms with Gasteiger partial charge in [0.05, 0.1) is 20.1 Å². The van der Waals surface area contributed by atoms with Crippen LogP contribution in [0.4, 0.5) is 0 Å². The Morgan fingerprint density at radius 1 is 0.848 bits per heavy atom. The summed E-state index contributed by atoms with van der Waals surface area (Å²) in [4.78, 5) is 12.2. The molecule has 3 aromatic rings. The van der Waals surface area contributed by atoms with Crippen molar-refractivity contribution >= 4 is 17.1 Å². The number of methoxy groups -OCH3 is 2. The van der Waals surface area contributed by atoms with E-state index in [2.05, 4.69) is 67.6 Å². The van der Waals surface area contributed by atoms with Crippen molar-refractivity contribution in [2.45, 2.75) is 39.0 Å². The Morgan fingerprint density at radius 2 is 1.67 bits per heavy atom. The summed E-state index contributed by atoms with van der Waals surface area (Å²) in [5.74, 6) is 0.720. The van der Waals surface area contributed by atoms with Crippen LogP contribution in [0.15, 0.2) is 60.7 Å². The summed E-state index contributed by atoms with van der Waals surface area (Å²) in [7, 11) is 3.21. The van der Waals surface area contributed by atoms with Crippen LogP contribution in [0, 0.1) is 12.8 Å². The highest BCUT2D eigenvalue weighted by atomic mass is 16.5. The molecule has 0 N–H and O–H groups in total. The highest BCUT2D eigenvalue weighted by molar-refractivity contribution is 6.00. The van der Waals surface area contributed by atoms with Crippen LogP contribution in [0.5, 0.6) is 5.75 Å². The van der Waals surface area contributed by atoms with Crippen LogP contribution >= 0.6 is 0 Å². The lowest BCUT2D eigenvalue weighted by Gasteiger charge is -2.19. The maximum absolute atomic E-state index is 12.2. The van der Waals surface area contributed by atoms with Crippen LogP contribution < -0.4 is 4.74 Å². The third-order valence-corrected chi connectivity index (χ3v) is 7.19. The second kappa shape index (κ2) is 8.90. The second-order valence-electron chi connectivity index (χ2n) is 9.16.